The van der Waals surface area contributed by atoms with E-state index in [-0.39, 0.29) is 11.6 Å². The van der Waals surface area contributed by atoms with E-state index in [0.717, 1.165) is 18.0 Å². The van der Waals surface area contributed by atoms with Gasteiger partial charge in [-0.1, -0.05) is 29.1 Å². The van der Waals surface area contributed by atoms with Gasteiger partial charge in [-0.25, -0.2) is 0 Å². The van der Waals surface area contributed by atoms with Gasteiger partial charge in [-0.3, -0.25) is 19.5 Å². The van der Waals surface area contributed by atoms with Crippen LogP contribution in [0, 0.1) is 0 Å². The number of halogens is 1. The second kappa shape index (κ2) is 9.32. The van der Waals surface area contributed by atoms with Crippen LogP contribution in [0.25, 0.3) is 0 Å². The first-order valence-corrected chi connectivity index (χ1v) is 10.6. The number of pyridine rings is 1. The van der Waals surface area contributed by atoms with Crippen LogP contribution < -0.4 is 10.2 Å². The molecular formula is C21H22ClN5O2S. The average Bonchev–Trinajstić information content (AvgIpc) is 3.27. The standard InChI is InChI=1S/C21H22ClN5O2S/c1-4-21(2,3)24-19(28)18(16-7-5-6-12-23-16)27(15-10-8-14(22)9-11-15)20(29)17-13-30-26-25-17/h5-13,18H,4H2,1-3H3,(H,24,28)/t18-/m0/s1. The molecule has 0 aliphatic heterocycles. The summed E-state index contributed by atoms with van der Waals surface area (Å²) < 4.78 is 3.79. The zero-order chi connectivity index (χ0) is 21.7. The van der Waals surface area contributed by atoms with Crippen LogP contribution in [-0.4, -0.2) is 31.9 Å². The summed E-state index contributed by atoms with van der Waals surface area (Å²) in [6, 6.07) is 11.0. The van der Waals surface area contributed by atoms with Crippen LogP contribution in [0.3, 0.4) is 0 Å². The van der Waals surface area contributed by atoms with Crippen molar-refractivity contribution in [3.05, 3.63) is 70.5 Å². The molecule has 0 saturated heterocycles. The predicted octanol–water partition coefficient (Wildman–Crippen LogP) is 4.28. The van der Waals surface area contributed by atoms with Crippen LogP contribution in [0.5, 0.6) is 0 Å². The van der Waals surface area contributed by atoms with Gasteiger partial charge in [0.15, 0.2) is 11.7 Å². The van der Waals surface area contributed by atoms with E-state index in [1.165, 1.54) is 4.90 Å². The molecule has 0 aliphatic rings. The van der Waals surface area contributed by atoms with Crippen LogP contribution in [0.15, 0.2) is 54.0 Å². The summed E-state index contributed by atoms with van der Waals surface area (Å²) in [6.45, 7) is 5.84. The number of rotatable bonds is 7. The number of aromatic nitrogens is 3. The van der Waals surface area contributed by atoms with Gasteiger partial charge >= 0.3 is 0 Å². The average molecular weight is 444 g/mol. The lowest BCUT2D eigenvalue weighted by Crippen LogP contribution is -2.50. The quantitative estimate of drug-likeness (QED) is 0.588. The molecule has 0 fully saturated rings. The van der Waals surface area contributed by atoms with E-state index in [2.05, 4.69) is 19.9 Å². The highest BCUT2D eigenvalue weighted by atomic mass is 35.5. The molecule has 30 heavy (non-hydrogen) atoms. The molecule has 3 rings (SSSR count). The number of hydrogen-bond acceptors (Lipinski definition) is 6. The van der Waals surface area contributed by atoms with Gasteiger partial charge in [-0.2, -0.15) is 0 Å². The third kappa shape index (κ3) is 5.01. The van der Waals surface area contributed by atoms with Crippen molar-refractivity contribution in [1.29, 1.82) is 0 Å². The van der Waals surface area contributed by atoms with Gasteiger partial charge in [0.2, 0.25) is 5.91 Å². The molecule has 7 nitrogen and oxygen atoms in total. The Hall–Kier alpha value is -2.84. The van der Waals surface area contributed by atoms with E-state index in [4.69, 9.17) is 11.6 Å². The summed E-state index contributed by atoms with van der Waals surface area (Å²) in [5, 5.41) is 9.01. The highest BCUT2D eigenvalue weighted by molar-refractivity contribution is 7.03. The molecule has 0 spiro atoms. The van der Waals surface area contributed by atoms with Crippen LogP contribution in [-0.2, 0) is 4.79 Å². The normalized spacial score (nSPS) is 12.3. The van der Waals surface area contributed by atoms with Crippen molar-refractivity contribution in [3.63, 3.8) is 0 Å². The van der Waals surface area contributed by atoms with Crippen molar-refractivity contribution in [2.24, 2.45) is 0 Å². The van der Waals surface area contributed by atoms with Crippen molar-refractivity contribution in [1.82, 2.24) is 19.9 Å². The molecule has 0 radical (unpaired) electrons. The number of carbonyl (C=O) groups excluding carboxylic acids is 2. The van der Waals surface area contributed by atoms with E-state index >= 15 is 0 Å². The Kier molecular flexibility index (Phi) is 6.79. The van der Waals surface area contributed by atoms with Crippen LogP contribution in [0.4, 0.5) is 5.69 Å². The zero-order valence-electron chi connectivity index (χ0n) is 16.9. The second-order valence-electron chi connectivity index (χ2n) is 7.33. The number of anilines is 1. The molecule has 0 saturated carbocycles. The number of nitrogens with one attached hydrogen (secondary N) is 1. The zero-order valence-corrected chi connectivity index (χ0v) is 18.4. The molecule has 0 unspecified atom stereocenters. The molecule has 0 bridgehead atoms. The maximum atomic E-state index is 13.5. The summed E-state index contributed by atoms with van der Waals surface area (Å²) in [5.74, 6) is -0.793. The van der Waals surface area contributed by atoms with Gasteiger partial charge in [0.1, 0.15) is 0 Å². The van der Waals surface area contributed by atoms with Crippen molar-refractivity contribution >= 4 is 40.6 Å². The summed E-state index contributed by atoms with van der Waals surface area (Å²) in [7, 11) is 0. The number of amides is 2. The first kappa shape index (κ1) is 21.9. The lowest BCUT2D eigenvalue weighted by Gasteiger charge is -2.33. The predicted molar refractivity (Wildman–Crippen MR) is 118 cm³/mol. The molecular weight excluding hydrogens is 422 g/mol. The minimum Gasteiger partial charge on any atom is -0.349 e. The van der Waals surface area contributed by atoms with E-state index in [0.29, 0.717) is 16.4 Å². The minimum absolute atomic E-state index is 0.151. The molecule has 0 aliphatic carbocycles. The summed E-state index contributed by atoms with van der Waals surface area (Å²) in [5.41, 5.74) is 0.630. The Balaban J connectivity index is 2.14. The van der Waals surface area contributed by atoms with Gasteiger partial charge < -0.3 is 5.32 Å². The number of benzene rings is 1. The molecule has 2 heterocycles. The molecule has 9 heteroatoms. The third-order valence-corrected chi connectivity index (χ3v) is 5.48. The van der Waals surface area contributed by atoms with Crippen LogP contribution in [0.2, 0.25) is 5.02 Å². The SMILES string of the molecule is CCC(C)(C)NC(=O)[C@H](c1ccccn1)N(C(=O)c1csnn1)c1ccc(Cl)cc1. The van der Waals surface area contributed by atoms with E-state index in [1.54, 1.807) is 54.0 Å². The van der Waals surface area contributed by atoms with Crippen molar-refractivity contribution in [2.45, 2.75) is 38.8 Å². The molecule has 3 aromatic rings. The highest BCUT2D eigenvalue weighted by Gasteiger charge is 2.37. The Bertz CT molecular complexity index is 994. The molecule has 1 N–H and O–H groups in total. The monoisotopic (exact) mass is 443 g/mol. The molecule has 156 valence electrons. The lowest BCUT2D eigenvalue weighted by molar-refractivity contribution is -0.124. The van der Waals surface area contributed by atoms with E-state index in [1.807, 2.05) is 20.8 Å². The topological polar surface area (TPSA) is 88.1 Å². The van der Waals surface area contributed by atoms with Crippen molar-refractivity contribution < 1.29 is 9.59 Å². The Labute approximate surface area is 184 Å². The fourth-order valence-electron chi connectivity index (χ4n) is 2.78. The van der Waals surface area contributed by atoms with Gasteiger partial charge in [0, 0.05) is 27.8 Å². The Morgan fingerprint density at radius 2 is 1.93 bits per heavy atom. The van der Waals surface area contributed by atoms with Crippen molar-refractivity contribution in [3.8, 4) is 0 Å². The maximum absolute atomic E-state index is 13.5. The number of hydrogen-bond donors (Lipinski definition) is 1. The summed E-state index contributed by atoms with van der Waals surface area (Å²) >= 11 is 7.11. The van der Waals surface area contributed by atoms with E-state index < -0.39 is 17.5 Å². The third-order valence-electron chi connectivity index (χ3n) is 4.72. The maximum Gasteiger partial charge on any atom is 0.280 e. The first-order chi connectivity index (χ1) is 14.3. The Morgan fingerprint density at radius 1 is 1.20 bits per heavy atom. The number of nitrogens with zero attached hydrogens (tertiary/aromatic N) is 4. The molecule has 2 aromatic heterocycles. The Morgan fingerprint density at radius 3 is 2.50 bits per heavy atom. The van der Waals surface area contributed by atoms with E-state index in [9.17, 15) is 9.59 Å². The van der Waals surface area contributed by atoms with Crippen LogP contribution in [0.1, 0.15) is 49.4 Å². The lowest BCUT2D eigenvalue weighted by atomic mass is 10.00. The first-order valence-electron chi connectivity index (χ1n) is 9.41. The summed E-state index contributed by atoms with van der Waals surface area (Å²) in [4.78, 5) is 32.7. The molecule has 1 atom stereocenters. The molecule has 1 aromatic carbocycles. The fourth-order valence-corrected chi connectivity index (χ4v) is 3.33. The molecule has 2 amide bonds. The smallest absolute Gasteiger partial charge is 0.280 e. The minimum atomic E-state index is -1.01. The fraction of sp³-hybridized carbons (Fsp3) is 0.286. The largest absolute Gasteiger partial charge is 0.349 e. The van der Waals surface area contributed by atoms with Crippen LogP contribution >= 0.6 is 23.1 Å². The van der Waals surface area contributed by atoms with Gasteiger partial charge in [0.25, 0.3) is 5.91 Å². The summed E-state index contributed by atoms with van der Waals surface area (Å²) in [6.07, 6.45) is 2.31. The van der Waals surface area contributed by atoms with Gasteiger partial charge in [0.05, 0.1) is 5.69 Å². The van der Waals surface area contributed by atoms with Gasteiger partial charge in [-0.15, -0.1) is 5.10 Å². The highest BCUT2D eigenvalue weighted by Crippen LogP contribution is 2.30. The van der Waals surface area contributed by atoms with Gasteiger partial charge in [-0.05, 0) is 68.2 Å². The number of carbonyl (C=O) groups is 2. The second-order valence-corrected chi connectivity index (χ2v) is 8.37. The van der Waals surface area contributed by atoms with Crippen molar-refractivity contribution in [2.75, 3.05) is 4.90 Å².